The van der Waals surface area contributed by atoms with E-state index in [2.05, 4.69) is 0 Å². The van der Waals surface area contributed by atoms with E-state index >= 15 is 0 Å². The molecule has 0 amide bonds. The average molecular weight is 493 g/mol. The quantitative estimate of drug-likeness (QED) is 0.344. The standard InChI is InChI=1S/C27H25FN2O4S/c1-27(12-13-35(32,33)17-27)16-25(31)18-6-11-23-24(15-18)30(21-9-7-20(28)8-10-21)29-26(23)19-4-3-5-22(14-19)34-2/h3-11,14-15H,12-13,16-17H2,1-2H3. The van der Waals surface area contributed by atoms with Gasteiger partial charge >= 0.3 is 0 Å². The van der Waals surface area contributed by atoms with Crippen molar-refractivity contribution in [2.75, 3.05) is 18.6 Å². The molecular formula is C27H25FN2O4S. The number of carbonyl (C=O) groups excluding carboxylic acids is 1. The van der Waals surface area contributed by atoms with Crippen LogP contribution in [-0.2, 0) is 9.84 Å². The molecule has 4 aromatic rings. The van der Waals surface area contributed by atoms with Crippen molar-refractivity contribution >= 4 is 26.5 Å². The smallest absolute Gasteiger partial charge is 0.163 e. The third-order valence-corrected chi connectivity index (χ3v) is 8.55. The number of aromatic nitrogens is 2. The summed E-state index contributed by atoms with van der Waals surface area (Å²) >= 11 is 0. The van der Waals surface area contributed by atoms with Gasteiger partial charge in [0.1, 0.15) is 17.3 Å². The van der Waals surface area contributed by atoms with Gasteiger partial charge in [0.25, 0.3) is 0 Å². The lowest BCUT2D eigenvalue weighted by Crippen LogP contribution is -2.22. The number of hydrogen-bond acceptors (Lipinski definition) is 5. The fraction of sp³-hybridized carbons (Fsp3) is 0.259. The zero-order valence-corrected chi connectivity index (χ0v) is 20.3. The van der Waals surface area contributed by atoms with Gasteiger partial charge in [0.15, 0.2) is 15.6 Å². The molecule has 1 unspecified atom stereocenters. The van der Waals surface area contributed by atoms with Crippen LogP contribution in [0.15, 0.2) is 66.7 Å². The highest BCUT2D eigenvalue weighted by molar-refractivity contribution is 7.91. The Balaban J connectivity index is 1.61. The minimum absolute atomic E-state index is 0.0293. The normalized spacial score (nSPS) is 19.2. The number of fused-ring (bicyclic) bond motifs is 1. The first-order chi connectivity index (χ1) is 16.7. The van der Waals surface area contributed by atoms with Crippen LogP contribution in [0.4, 0.5) is 4.39 Å². The van der Waals surface area contributed by atoms with Gasteiger partial charge in [-0.05, 0) is 60.4 Å². The van der Waals surface area contributed by atoms with Crippen LogP contribution in [0.3, 0.4) is 0 Å². The van der Waals surface area contributed by atoms with Gasteiger partial charge in [-0.25, -0.2) is 17.5 Å². The van der Waals surface area contributed by atoms with E-state index in [-0.39, 0.29) is 29.5 Å². The summed E-state index contributed by atoms with van der Waals surface area (Å²) in [7, 11) is -1.50. The maximum atomic E-state index is 13.6. The Hall–Kier alpha value is -3.52. The number of ketones is 1. The molecule has 2 heterocycles. The number of benzene rings is 3. The van der Waals surface area contributed by atoms with Gasteiger partial charge in [0.2, 0.25) is 0 Å². The van der Waals surface area contributed by atoms with Crippen molar-refractivity contribution in [2.24, 2.45) is 5.41 Å². The number of ether oxygens (including phenoxy) is 1. The van der Waals surface area contributed by atoms with Gasteiger partial charge in [-0.2, -0.15) is 5.10 Å². The van der Waals surface area contributed by atoms with Gasteiger partial charge in [0, 0.05) is 22.9 Å². The summed E-state index contributed by atoms with van der Waals surface area (Å²) in [5.41, 5.74) is 2.83. The number of rotatable bonds is 6. The predicted octanol–water partition coefficient (Wildman–Crippen LogP) is 5.24. The Bertz CT molecular complexity index is 1540. The van der Waals surface area contributed by atoms with Crippen molar-refractivity contribution < 1.29 is 22.3 Å². The van der Waals surface area contributed by atoms with Gasteiger partial charge < -0.3 is 4.74 Å². The molecule has 0 aliphatic carbocycles. The van der Waals surface area contributed by atoms with Crippen molar-refractivity contribution in [3.05, 3.63) is 78.1 Å². The van der Waals surface area contributed by atoms with Crippen LogP contribution in [0.1, 0.15) is 30.1 Å². The first kappa shape index (κ1) is 23.2. The van der Waals surface area contributed by atoms with Crippen LogP contribution >= 0.6 is 0 Å². The van der Waals surface area contributed by atoms with Crippen LogP contribution < -0.4 is 4.74 Å². The summed E-state index contributed by atoms with van der Waals surface area (Å²) in [5, 5.41) is 5.65. The van der Waals surface area contributed by atoms with E-state index < -0.39 is 15.3 Å². The number of hydrogen-bond donors (Lipinski definition) is 0. The maximum Gasteiger partial charge on any atom is 0.163 e. The molecule has 0 N–H and O–H groups in total. The average Bonchev–Trinajstić information content (AvgIpc) is 3.35. The fourth-order valence-electron chi connectivity index (χ4n) is 4.76. The molecule has 0 bridgehead atoms. The number of sulfone groups is 1. The molecular weight excluding hydrogens is 467 g/mol. The monoisotopic (exact) mass is 492 g/mol. The zero-order valence-electron chi connectivity index (χ0n) is 19.5. The molecule has 35 heavy (non-hydrogen) atoms. The summed E-state index contributed by atoms with van der Waals surface area (Å²) < 4.78 is 44.6. The van der Waals surface area contributed by atoms with Crippen LogP contribution in [-0.4, -0.2) is 42.6 Å². The molecule has 1 saturated heterocycles. The number of methoxy groups -OCH3 is 1. The molecule has 1 aliphatic heterocycles. The molecule has 180 valence electrons. The Morgan fingerprint density at radius 3 is 2.57 bits per heavy atom. The largest absolute Gasteiger partial charge is 0.497 e. The summed E-state index contributed by atoms with van der Waals surface area (Å²) in [6.45, 7) is 1.86. The Kier molecular flexibility index (Phi) is 5.71. The molecule has 1 fully saturated rings. The van der Waals surface area contributed by atoms with Gasteiger partial charge in [-0.1, -0.05) is 25.1 Å². The SMILES string of the molecule is COc1cccc(-c2nn(-c3ccc(F)cc3)c3cc(C(=O)CC4(C)CCS(=O)(=O)C4)ccc23)c1. The zero-order chi connectivity index (χ0) is 24.8. The van der Waals surface area contributed by atoms with E-state index in [0.29, 0.717) is 34.6 Å². The second-order valence-corrected chi connectivity index (χ2v) is 11.6. The van der Waals surface area contributed by atoms with E-state index in [1.165, 1.54) is 12.1 Å². The fourth-order valence-corrected chi connectivity index (χ4v) is 7.01. The molecule has 1 aliphatic rings. The van der Waals surface area contributed by atoms with Gasteiger partial charge in [0.05, 0.1) is 29.8 Å². The lowest BCUT2D eigenvalue weighted by Gasteiger charge is -2.20. The molecule has 1 aromatic heterocycles. The maximum absolute atomic E-state index is 13.6. The van der Waals surface area contributed by atoms with E-state index in [1.807, 2.05) is 37.3 Å². The second-order valence-electron chi connectivity index (χ2n) is 9.45. The third kappa shape index (κ3) is 4.58. The van der Waals surface area contributed by atoms with Crippen LogP contribution in [0.2, 0.25) is 0 Å². The summed E-state index contributed by atoms with van der Waals surface area (Å²) in [5.74, 6) is 0.382. The van der Waals surface area contributed by atoms with E-state index in [1.54, 1.807) is 36.1 Å². The van der Waals surface area contributed by atoms with E-state index in [4.69, 9.17) is 9.84 Å². The first-order valence-electron chi connectivity index (χ1n) is 11.3. The van der Waals surface area contributed by atoms with Crippen LogP contribution in [0.25, 0.3) is 27.8 Å². The summed E-state index contributed by atoms with van der Waals surface area (Å²) in [6, 6.07) is 19.0. The third-order valence-electron chi connectivity index (χ3n) is 6.59. The number of carbonyl (C=O) groups is 1. The predicted molar refractivity (Wildman–Crippen MR) is 133 cm³/mol. The molecule has 0 saturated carbocycles. The van der Waals surface area contributed by atoms with E-state index in [0.717, 1.165) is 10.9 Å². The molecule has 6 nitrogen and oxygen atoms in total. The molecule has 0 radical (unpaired) electrons. The van der Waals surface area contributed by atoms with E-state index in [9.17, 15) is 17.6 Å². The number of Topliss-reactive ketones (excluding diaryl/α,β-unsaturated/α-hetero) is 1. The molecule has 3 aromatic carbocycles. The topological polar surface area (TPSA) is 78.3 Å². The van der Waals surface area contributed by atoms with Crippen molar-refractivity contribution in [1.82, 2.24) is 9.78 Å². The van der Waals surface area contributed by atoms with Crippen molar-refractivity contribution in [1.29, 1.82) is 0 Å². The Labute approximate surface area is 203 Å². The minimum atomic E-state index is -3.10. The second kappa shape index (κ2) is 8.61. The number of nitrogens with zero attached hydrogens (tertiary/aromatic N) is 2. The van der Waals surface area contributed by atoms with Crippen molar-refractivity contribution in [2.45, 2.75) is 19.8 Å². The van der Waals surface area contributed by atoms with Gasteiger partial charge in [-0.15, -0.1) is 0 Å². The van der Waals surface area contributed by atoms with Gasteiger partial charge in [-0.3, -0.25) is 4.79 Å². The molecule has 0 spiro atoms. The lowest BCUT2D eigenvalue weighted by atomic mass is 9.83. The highest BCUT2D eigenvalue weighted by Gasteiger charge is 2.39. The molecule has 5 rings (SSSR count). The Morgan fingerprint density at radius 1 is 1.11 bits per heavy atom. The van der Waals surface area contributed by atoms with Crippen LogP contribution in [0.5, 0.6) is 5.75 Å². The van der Waals surface area contributed by atoms with Crippen LogP contribution in [0, 0.1) is 11.2 Å². The Morgan fingerprint density at radius 2 is 1.89 bits per heavy atom. The molecule has 8 heteroatoms. The highest BCUT2D eigenvalue weighted by atomic mass is 32.2. The number of halogens is 1. The molecule has 1 atom stereocenters. The first-order valence-corrected chi connectivity index (χ1v) is 13.2. The summed E-state index contributed by atoms with van der Waals surface area (Å²) in [4.78, 5) is 13.2. The minimum Gasteiger partial charge on any atom is -0.497 e. The highest BCUT2D eigenvalue weighted by Crippen LogP contribution is 2.37. The summed E-state index contributed by atoms with van der Waals surface area (Å²) in [6.07, 6.45) is 0.641. The van der Waals surface area contributed by atoms with Crippen molar-refractivity contribution in [3.63, 3.8) is 0 Å². The van der Waals surface area contributed by atoms with Crippen molar-refractivity contribution in [3.8, 4) is 22.7 Å². The lowest BCUT2D eigenvalue weighted by molar-refractivity contribution is 0.0934.